The second kappa shape index (κ2) is 8.34. The quantitative estimate of drug-likeness (QED) is 0.455. The van der Waals surface area contributed by atoms with Crippen LogP contribution in [0.2, 0.25) is 0 Å². The van der Waals surface area contributed by atoms with Gasteiger partial charge in [-0.15, -0.1) is 0 Å². The lowest BCUT2D eigenvalue weighted by molar-refractivity contribution is 0.0515. The van der Waals surface area contributed by atoms with Crippen molar-refractivity contribution in [1.29, 1.82) is 0 Å². The molecule has 9 heteroatoms. The summed E-state index contributed by atoms with van der Waals surface area (Å²) in [4.78, 5) is 31.6. The predicted molar refractivity (Wildman–Crippen MR) is 86.6 cm³/mol. The van der Waals surface area contributed by atoms with Gasteiger partial charge in [-0.25, -0.2) is 19.6 Å². The fraction of sp³-hybridized carbons (Fsp3) is 0.333. The summed E-state index contributed by atoms with van der Waals surface area (Å²) in [5, 5.41) is 0.353. The fourth-order valence-corrected chi connectivity index (χ4v) is 2.56. The molecule has 2 rings (SSSR count). The van der Waals surface area contributed by atoms with Crippen LogP contribution in [0.15, 0.2) is 28.1 Å². The van der Waals surface area contributed by atoms with Crippen molar-refractivity contribution in [2.24, 2.45) is 0 Å². The molecule has 2 heterocycles. The van der Waals surface area contributed by atoms with Crippen molar-refractivity contribution < 1.29 is 23.5 Å². The highest BCUT2D eigenvalue weighted by Crippen LogP contribution is 2.24. The van der Waals surface area contributed by atoms with Gasteiger partial charge < -0.3 is 19.6 Å². The number of anilines is 1. The van der Waals surface area contributed by atoms with E-state index < -0.39 is 11.9 Å². The number of thioether (sulfide) groups is 1. The van der Waals surface area contributed by atoms with Crippen LogP contribution in [0.4, 0.5) is 5.82 Å². The van der Waals surface area contributed by atoms with Crippen LogP contribution in [0.5, 0.6) is 0 Å². The molecule has 0 aliphatic heterocycles. The Morgan fingerprint density at radius 2 is 1.88 bits per heavy atom. The van der Waals surface area contributed by atoms with Crippen molar-refractivity contribution in [1.82, 2.24) is 9.97 Å². The Morgan fingerprint density at radius 1 is 1.21 bits per heavy atom. The summed E-state index contributed by atoms with van der Waals surface area (Å²) >= 11 is 1.22. The molecule has 0 aromatic carbocycles. The van der Waals surface area contributed by atoms with Crippen LogP contribution in [0, 0.1) is 0 Å². The predicted octanol–water partition coefficient (Wildman–Crippen LogP) is 2.30. The highest BCUT2D eigenvalue weighted by atomic mass is 32.2. The van der Waals surface area contributed by atoms with E-state index >= 15 is 0 Å². The first-order valence-electron chi connectivity index (χ1n) is 7.22. The summed E-state index contributed by atoms with van der Waals surface area (Å²) in [5.41, 5.74) is 6.23. The van der Waals surface area contributed by atoms with E-state index in [1.165, 1.54) is 24.2 Å². The van der Waals surface area contributed by atoms with Crippen LogP contribution in [0.1, 0.15) is 40.3 Å². The van der Waals surface area contributed by atoms with E-state index in [0.717, 1.165) is 0 Å². The Kier molecular flexibility index (Phi) is 6.19. The van der Waals surface area contributed by atoms with Crippen molar-refractivity contribution in [3.63, 3.8) is 0 Å². The second-order valence-electron chi connectivity index (χ2n) is 4.44. The van der Waals surface area contributed by atoms with Crippen LogP contribution in [-0.2, 0) is 15.2 Å². The second-order valence-corrected chi connectivity index (χ2v) is 5.38. The lowest BCUT2D eigenvalue weighted by Gasteiger charge is -2.06. The highest BCUT2D eigenvalue weighted by Gasteiger charge is 2.17. The van der Waals surface area contributed by atoms with Gasteiger partial charge in [0.1, 0.15) is 22.7 Å². The van der Waals surface area contributed by atoms with E-state index in [0.29, 0.717) is 22.2 Å². The van der Waals surface area contributed by atoms with E-state index in [-0.39, 0.29) is 24.6 Å². The Hall–Kier alpha value is -2.55. The van der Waals surface area contributed by atoms with Gasteiger partial charge in [-0.2, -0.15) is 0 Å². The van der Waals surface area contributed by atoms with Crippen molar-refractivity contribution in [2.75, 3.05) is 18.9 Å². The Morgan fingerprint density at radius 3 is 2.50 bits per heavy atom. The molecule has 0 unspecified atom stereocenters. The molecular formula is C15H17N3O5S. The smallest absolute Gasteiger partial charge is 0.343 e. The largest absolute Gasteiger partial charge is 0.468 e. The van der Waals surface area contributed by atoms with Crippen LogP contribution < -0.4 is 5.73 Å². The van der Waals surface area contributed by atoms with Crippen molar-refractivity contribution >= 4 is 29.5 Å². The number of aromatic nitrogens is 2. The van der Waals surface area contributed by atoms with E-state index in [4.69, 9.17) is 19.6 Å². The summed E-state index contributed by atoms with van der Waals surface area (Å²) in [7, 11) is 0. The third kappa shape index (κ3) is 4.25. The number of nitrogens with zero attached hydrogens (tertiary/aromatic N) is 2. The number of nitrogen functional groups attached to an aromatic ring is 1. The molecule has 0 radical (unpaired) electrons. The number of esters is 2. The molecule has 0 saturated heterocycles. The van der Waals surface area contributed by atoms with Crippen LogP contribution in [-0.4, -0.2) is 35.1 Å². The molecule has 0 amide bonds. The Balaban J connectivity index is 2.05. The first-order valence-corrected chi connectivity index (χ1v) is 8.21. The number of carbonyl (C=O) groups excluding carboxylic acids is 2. The maximum Gasteiger partial charge on any atom is 0.343 e. The zero-order valence-electron chi connectivity index (χ0n) is 13.3. The molecule has 0 saturated carbocycles. The summed E-state index contributed by atoms with van der Waals surface area (Å²) in [6.07, 6.45) is 2.73. The summed E-state index contributed by atoms with van der Waals surface area (Å²) < 4.78 is 15.1. The minimum atomic E-state index is -0.567. The van der Waals surface area contributed by atoms with Crippen LogP contribution >= 0.6 is 11.8 Å². The summed E-state index contributed by atoms with van der Waals surface area (Å²) in [6, 6.07) is 1.55. The van der Waals surface area contributed by atoms with Crippen LogP contribution in [0.3, 0.4) is 0 Å². The molecule has 128 valence electrons. The molecule has 0 bridgehead atoms. The molecule has 2 N–H and O–H groups in total. The van der Waals surface area contributed by atoms with Gasteiger partial charge in [0.05, 0.1) is 25.2 Å². The number of carbonyl (C=O) groups is 2. The molecule has 24 heavy (non-hydrogen) atoms. The van der Waals surface area contributed by atoms with E-state index in [9.17, 15) is 9.59 Å². The number of furan rings is 1. The van der Waals surface area contributed by atoms with Crippen LogP contribution in [0.25, 0.3) is 0 Å². The minimum absolute atomic E-state index is 0.0380. The van der Waals surface area contributed by atoms with Crippen molar-refractivity contribution in [3.05, 3.63) is 35.4 Å². The van der Waals surface area contributed by atoms with E-state index in [1.807, 2.05) is 0 Å². The maximum absolute atomic E-state index is 11.8. The van der Waals surface area contributed by atoms with Gasteiger partial charge in [0.15, 0.2) is 5.16 Å². The maximum atomic E-state index is 11.8. The first kappa shape index (κ1) is 17.8. The summed E-state index contributed by atoms with van der Waals surface area (Å²) in [5.74, 6) is -0.201. The van der Waals surface area contributed by atoms with E-state index in [1.54, 1.807) is 19.9 Å². The lowest BCUT2D eigenvalue weighted by Crippen LogP contribution is -2.10. The fourth-order valence-electron chi connectivity index (χ4n) is 1.79. The monoisotopic (exact) mass is 351 g/mol. The van der Waals surface area contributed by atoms with Crippen molar-refractivity contribution in [2.45, 2.75) is 24.8 Å². The Bertz CT molecular complexity index is 732. The molecule has 0 fully saturated rings. The topological polar surface area (TPSA) is 118 Å². The minimum Gasteiger partial charge on any atom is -0.468 e. The average molecular weight is 351 g/mol. The summed E-state index contributed by atoms with van der Waals surface area (Å²) in [6.45, 7) is 3.95. The number of nitrogens with two attached hydrogens (primary N) is 1. The first-order chi connectivity index (χ1) is 11.6. The third-order valence-electron chi connectivity index (χ3n) is 2.86. The van der Waals surface area contributed by atoms with Gasteiger partial charge in [-0.05, 0) is 19.9 Å². The molecule has 0 atom stereocenters. The number of ether oxygens (including phenoxy) is 2. The SMILES string of the molecule is CCOC(=O)c1cnc(SCc2occc2C(=O)OCC)nc1N. The normalized spacial score (nSPS) is 10.4. The molecule has 0 aliphatic rings. The molecule has 2 aromatic rings. The van der Waals surface area contributed by atoms with Gasteiger partial charge >= 0.3 is 11.9 Å². The zero-order chi connectivity index (χ0) is 17.5. The average Bonchev–Trinajstić information content (AvgIpc) is 3.02. The number of hydrogen-bond acceptors (Lipinski definition) is 9. The molecule has 2 aromatic heterocycles. The van der Waals surface area contributed by atoms with Gasteiger partial charge in [0.2, 0.25) is 0 Å². The third-order valence-corrected chi connectivity index (χ3v) is 3.73. The van der Waals surface area contributed by atoms with Gasteiger partial charge in [0.25, 0.3) is 0 Å². The molecular weight excluding hydrogens is 334 g/mol. The zero-order valence-corrected chi connectivity index (χ0v) is 14.1. The number of rotatable bonds is 7. The van der Waals surface area contributed by atoms with Gasteiger partial charge in [-0.3, -0.25) is 0 Å². The van der Waals surface area contributed by atoms with Crippen molar-refractivity contribution in [3.8, 4) is 0 Å². The molecule has 0 spiro atoms. The number of hydrogen-bond donors (Lipinski definition) is 1. The van der Waals surface area contributed by atoms with E-state index in [2.05, 4.69) is 9.97 Å². The molecule has 8 nitrogen and oxygen atoms in total. The highest BCUT2D eigenvalue weighted by molar-refractivity contribution is 7.98. The lowest BCUT2D eigenvalue weighted by atomic mass is 10.3. The van der Waals surface area contributed by atoms with Gasteiger partial charge in [-0.1, -0.05) is 11.8 Å². The molecule has 0 aliphatic carbocycles. The van der Waals surface area contributed by atoms with Gasteiger partial charge in [0, 0.05) is 6.20 Å². The standard InChI is InChI=1S/C15H17N3O5S/c1-3-21-13(19)9-5-6-23-11(9)8-24-15-17-7-10(12(16)18-15)14(20)22-4-2/h5-7H,3-4,8H2,1-2H3,(H2,16,17,18). The Labute approximate surface area is 142 Å².